The van der Waals surface area contributed by atoms with Crippen molar-refractivity contribution >= 4 is 46.7 Å². The van der Waals surface area contributed by atoms with Crippen molar-refractivity contribution in [1.82, 2.24) is 0 Å². The molecule has 120 valence electrons. The SMILES string of the molecule is C=C(Cc1cc(CC)ccc1[NH+]=Cc1ccccc1)C(Cl)(Cl)Cl. The zero-order valence-corrected chi connectivity index (χ0v) is 15.2. The van der Waals surface area contributed by atoms with Crippen molar-refractivity contribution in [3.63, 3.8) is 0 Å². The number of hydrogen-bond donors (Lipinski definition) is 1. The van der Waals surface area contributed by atoms with Crippen molar-refractivity contribution in [3.05, 3.63) is 77.4 Å². The highest BCUT2D eigenvalue weighted by Gasteiger charge is 2.25. The Labute approximate surface area is 152 Å². The number of rotatable bonds is 5. The third-order valence-corrected chi connectivity index (χ3v) is 4.38. The maximum Gasteiger partial charge on any atom is 0.212 e. The normalized spacial score (nSPS) is 11.8. The van der Waals surface area contributed by atoms with Crippen LogP contribution in [0.25, 0.3) is 0 Å². The molecule has 0 fully saturated rings. The van der Waals surface area contributed by atoms with Crippen LogP contribution in [0.2, 0.25) is 0 Å². The zero-order chi connectivity index (χ0) is 16.9. The summed E-state index contributed by atoms with van der Waals surface area (Å²) in [5, 5.41) is 0. The predicted molar refractivity (Wildman–Crippen MR) is 101 cm³/mol. The Bertz CT molecular complexity index is 700. The quantitative estimate of drug-likeness (QED) is 0.453. The van der Waals surface area contributed by atoms with E-state index in [0.29, 0.717) is 12.0 Å². The number of hydrogen-bond acceptors (Lipinski definition) is 0. The Hall–Kier alpha value is -1.28. The van der Waals surface area contributed by atoms with Crippen molar-refractivity contribution in [2.24, 2.45) is 0 Å². The fourth-order valence-corrected chi connectivity index (χ4v) is 2.39. The van der Waals surface area contributed by atoms with Crippen molar-refractivity contribution < 1.29 is 4.99 Å². The van der Waals surface area contributed by atoms with Gasteiger partial charge in [-0.3, -0.25) is 0 Å². The molecule has 0 aliphatic carbocycles. The summed E-state index contributed by atoms with van der Waals surface area (Å²) in [6.07, 6.45) is 3.42. The lowest BCUT2D eigenvalue weighted by atomic mass is 10.0. The summed E-state index contributed by atoms with van der Waals surface area (Å²) < 4.78 is -1.46. The molecule has 0 heterocycles. The molecule has 2 aromatic rings. The third kappa shape index (κ3) is 5.39. The Balaban J connectivity index is 2.31. The summed E-state index contributed by atoms with van der Waals surface area (Å²) >= 11 is 17.8. The molecular formula is C19H19Cl3N+. The van der Waals surface area contributed by atoms with Gasteiger partial charge in [0.15, 0.2) is 6.21 Å². The van der Waals surface area contributed by atoms with E-state index in [1.165, 1.54) is 5.56 Å². The number of alkyl halides is 3. The fourth-order valence-electron chi connectivity index (χ4n) is 2.19. The van der Waals surface area contributed by atoms with Crippen molar-refractivity contribution in [1.29, 1.82) is 0 Å². The first-order valence-corrected chi connectivity index (χ1v) is 8.55. The molecule has 0 aliphatic heterocycles. The van der Waals surface area contributed by atoms with Crippen LogP contribution in [0.1, 0.15) is 23.6 Å². The highest BCUT2D eigenvalue weighted by atomic mass is 35.6. The number of nitrogens with one attached hydrogen (secondary N) is 1. The molecule has 0 amide bonds. The molecule has 0 aromatic heterocycles. The maximum atomic E-state index is 5.94. The molecule has 0 saturated carbocycles. The molecule has 4 heteroatoms. The lowest BCUT2D eigenvalue weighted by Gasteiger charge is -2.14. The Morgan fingerprint density at radius 2 is 1.83 bits per heavy atom. The molecule has 0 radical (unpaired) electrons. The van der Waals surface area contributed by atoms with Crippen LogP contribution >= 0.6 is 34.8 Å². The van der Waals surface area contributed by atoms with Crippen LogP contribution in [0.4, 0.5) is 5.69 Å². The molecule has 0 unspecified atom stereocenters. The summed E-state index contributed by atoms with van der Waals surface area (Å²) in [6, 6.07) is 16.3. The second kappa shape index (κ2) is 8.01. The highest BCUT2D eigenvalue weighted by molar-refractivity contribution is 6.69. The molecule has 2 aromatic carbocycles. The van der Waals surface area contributed by atoms with Gasteiger partial charge in [0.25, 0.3) is 0 Å². The average molecular weight is 368 g/mol. The monoisotopic (exact) mass is 366 g/mol. The van der Waals surface area contributed by atoms with Gasteiger partial charge >= 0.3 is 0 Å². The third-order valence-electron chi connectivity index (χ3n) is 3.58. The topological polar surface area (TPSA) is 14.0 Å². The van der Waals surface area contributed by atoms with E-state index in [1.54, 1.807) is 0 Å². The molecule has 23 heavy (non-hydrogen) atoms. The first-order chi connectivity index (χ1) is 10.9. The van der Waals surface area contributed by atoms with E-state index < -0.39 is 3.79 Å². The Kier molecular flexibility index (Phi) is 6.29. The molecule has 2 rings (SSSR count). The number of halogens is 3. The number of allylic oxidation sites excluding steroid dienone is 1. The number of benzene rings is 2. The average Bonchev–Trinajstić information content (AvgIpc) is 2.53. The van der Waals surface area contributed by atoms with Gasteiger partial charge in [0, 0.05) is 23.6 Å². The molecule has 1 nitrogen and oxygen atoms in total. The van der Waals surface area contributed by atoms with E-state index in [-0.39, 0.29) is 0 Å². The van der Waals surface area contributed by atoms with Gasteiger partial charge in [-0.2, -0.15) is 0 Å². The Morgan fingerprint density at radius 3 is 2.43 bits per heavy atom. The van der Waals surface area contributed by atoms with E-state index >= 15 is 0 Å². The van der Waals surface area contributed by atoms with Gasteiger partial charge in [-0.25, -0.2) is 4.99 Å². The smallest absolute Gasteiger partial charge is 0.211 e. The lowest BCUT2D eigenvalue weighted by Crippen LogP contribution is -2.62. The van der Waals surface area contributed by atoms with Crippen LogP contribution in [0.3, 0.4) is 0 Å². The van der Waals surface area contributed by atoms with Crippen molar-refractivity contribution in [3.8, 4) is 0 Å². The molecular weight excluding hydrogens is 349 g/mol. The number of aryl methyl sites for hydroxylation is 1. The Morgan fingerprint density at radius 1 is 1.13 bits per heavy atom. The second-order valence-electron chi connectivity index (χ2n) is 5.32. The van der Waals surface area contributed by atoms with Crippen LogP contribution < -0.4 is 4.99 Å². The van der Waals surface area contributed by atoms with Crippen LogP contribution in [0, 0.1) is 0 Å². The van der Waals surface area contributed by atoms with E-state index in [4.69, 9.17) is 34.8 Å². The summed E-state index contributed by atoms with van der Waals surface area (Å²) in [7, 11) is 0. The van der Waals surface area contributed by atoms with Crippen LogP contribution in [-0.2, 0) is 12.8 Å². The summed E-state index contributed by atoms with van der Waals surface area (Å²) in [5.74, 6) is 0. The van der Waals surface area contributed by atoms with Crippen molar-refractivity contribution in [2.75, 3.05) is 0 Å². The van der Waals surface area contributed by atoms with Gasteiger partial charge < -0.3 is 0 Å². The predicted octanol–water partition coefficient (Wildman–Crippen LogP) is 4.55. The van der Waals surface area contributed by atoms with E-state index in [0.717, 1.165) is 23.2 Å². The van der Waals surface area contributed by atoms with Gasteiger partial charge in [0.2, 0.25) is 9.48 Å². The lowest BCUT2D eigenvalue weighted by molar-refractivity contribution is -0.347. The van der Waals surface area contributed by atoms with Gasteiger partial charge in [-0.1, -0.05) is 72.6 Å². The second-order valence-corrected chi connectivity index (χ2v) is 7.60. The van der Waals surface area contributed by atoms with Gasteiger partial charge in [0.05, 0.1) is 0 Å². The minimum Gasteiger partial charge on any atom is -0.211 e. The molecule has 1 N–H and O–H groups in total. The van der Waals surface area contributed by atoms with E-state index in [1.807, 2.05) is 36.5 Å². The van der Waals surface area contributed by atoms with Crippen LogP contribution in [0.15, 0.2) is 60.7 Å². The van der Waals surface area contributed by atoms with E-state index in [9.17, 15) is 0 Å². The van der Waals surface area contributed by atoms with Crippen LogP contribution in [-0.4, -0.2) is 10.0 Å². The molecule has 0 bridgehead atoms. The summed E-state index contributed by atoms with van der Waals surface area (Å²) in [6.45, 7) is 6.02. The zero-order valence-electron chi connectivity index (χ0n) is 13.0. The van der Waals surface area contributed by atoms with E-state index in [2.05, 4.69) is 36.7 Å². The first kappa shape index (κ1) is 18.1. The van der Waals surface area contributed by atoms with Gasteiger partial charge in [0.1, 0.15) is 0 Å². The standard InChI is InChI=1S/C19H18Cl3N/c1-3-15-9-10-18(23-13-16-7-5-4-6-8-16)17(12-15)11-14(2)19(20,21)22/h4-10,12-13H,2-3,11H2,1H3/p+1. The molecule has 0 spiro atoms. The largest absolute Gasteiger partial charge is 0.212 e. The van der Waals surface area contributed by atoms with Gasteiger partial charge in [-0.15, -0.1) is 0 Å². The highest BCUT2D eigenvalue weighted by Crippen LogP contribution is 2.36. The summed E-state index contributed by atoms with van der Waals surface area (Å²) in [4.78, 5) is 3.34. The van der Waals surface area contributed by atoms with Gasteiger partial charge in [-0.05, 0) is 35.8 Å². The summed E-state index contributed by atoms with van der Waals surface area (Å²) in [5.41, 5.74) is 4.94. The maximum absolute atomic E-state index is 5.94. The fraction of sp³-hybridized carbons (Fsp3) is 0.211. The molecule has 0 aliphatic rings. The van der Waals surface area contributed by atoms with Crippen LogP contribution in [0.5, 0.6) is 0 Å². The molecule has 0 saturated heterocycles. The first-order valence-electron chi connectivity index (χ1n) is 7.41. The molecule has 0 atom stereocenters. The van der Waals surface area contributed by atoms with Crippen molar-refractivity contribution in [2.45, 2.75) is 23.6 Å². The minimum absolute atomic E-state index is 0.509. The minimum atomic E-state index is -1.46.